The largest absolute Gasteiger partial charge is 0.492 e. The van der Waals surface area contributed by atoms with Gasteiger partial charge in [0.15, 0.2) is 0 Å². The molecule has 0 bridgehead atoms. The maximum absolute atomic E-state index is 12.2. The molecule has 1 heterocycles. The molecule has 3 nitrogen and oxygen atoms in total. The highest BCUT2D eigenvalue weighted by molar-refractivity contribution is 5.86. The highest BCUT2D eigenvalue weighted by atomic mass is 16.5. The minimum Gasteiger partial charge on any atom is -0.492 e. The van der Waals surface area contributed by atoms with E-state index in [1.165, 1.54) is 0 Å². The number of hydrogen-bond donors (Lipinski definition) is 0. The Morgan fingerprint density at radius 2 is 2.00 bits per heavy atom. The van der Waals surface area contributed by atoms with Crippen LogP contribution in [0.5, 0.6) is 5.75 Å². The van der Waals surface area contributed by atoms with Crippen molar-refractivity contribution in [3.8, 4) is 5.75 Å². The molecular weight excluding hydrogens is 252 g/mol. The van der Waals surface area contributed by atoms with E-state index in [1.807, 2.05) is 25.1 Å². The highest BCUT2D eigenvalue weighted by Gasteiger charge is 2.16. The standard InChI is InChI=1S/C17H22O3/c1-4-6-11-19-16-13-10-7-9-12(3)15(13)20-17(18)14(16)8-5-2/h7,9-10H,4-6,8,11H2,1-3H3. The number of aryl methyl sites for hydroxylation is 1. The molecule has 0 unspecified atom stereocenters. The molecule has 20 heavy (non-hydrogen) atoms. The number of hydrogen-bond acceptors (Lipinski definition) is 3. The molecule has 0 atom stereocenters. The van der Waals surface area contributed by atoms with Crippen LogP contribution in [0.1, 0.15) is 44.2 Å². The van der Waals surface area contributed by atoms with Crippen LogP contribution >= 0.6 is 0 Å². The zero-order valence-electron chi connectivity index (χ0n) is 12.5. The van der Waals surface area contributed by atoms with Crippen LogP contribution in [0, 0.1) is 6.92 Å². The first-order chi connectivity index (χ1) is 9.69. The van der Waals surface area contributed by atoms with Crippen LogP contribution in [0.2, 0.25) is 0 Å². The zero-order chi connectivity index (χ0) is 14.5. The van der Waals surface area contributed by atoms with E-state index in [-0.39, 0.29) is 5.63 Å². The molecule has 0 spiro atoms. The number of ether oxygens (including phenoxy) is 1. The van der Waals surface area contributed by atoms with E-state index in [0.29, 0.717) is 24.2 Å². The van der Waals surface area contributed by atoms with Crippen LogP contribution < -0.4 is 10.4 Å². The number of para-hydroxylation sites is 1. The maximum atomic E-state index is 12.2. The first kappa shape index (κ1) is 14.6. The Bertz CT molecular complexity index is 640. The normalized spacial score (nSPS) is 10.9. The minimum absolute atomic E-state index is 0.264. The molecule has 2 aromatic rings. The van der Waals surface area contributed by atoms with Crippen LogP contribution in [0.4, 0.5) is 0 Å². The van der Waals surface area contributed by atoms with Crippen molar-refractivity contribution in [1.82, 2.24) is 0 Å². The predicted molar refractivity (Wildman–Crippen MR) is 81.6 cm³/mol. The third-order valence-corrected chi connectivity index (χ3v) is 3.42. The van der Waals surface area contributed by atoms with E-state index in [4.69, 9.17) is 9.15 Å². The van der Waals surface area contributed by atoms with Crippen molar-refractivity contribution in [1.29, 1.82) is 0 Å². The van der Waals surface area contributed by atoms with Gasteiger partial charge in [0, 0.05) is 0 Å². The van der Waals surface area contributed by atoms with Gasteiger partial charge in [-0.15, -0.1) is 0 Å². The van der Waals surface area contributed by atoms with Crippen molar-refractivity contribution in [2.24, 2.45) is 0 Å². The van der Waals surface area contributed by atoms with Gasteiger partial charge < -0.3 is 9.15 Å². The molecule has 1 aromatic carbocycles. The number of fused-ring (bicyclic) bond motifs is 1. The molecule has 0 aliphatic rings. The quantitative estimate of drug-likeness (QED) is 0.584. The van der Waals surface area contributed by atoms with Crippen molar-refractivity contribution >= 4 is 11.0 Å². The van der Waals surface area contributed by atoms with Crippen LogP contribution in [-0.4, -0.2) is 6.61 Å². The molecule has 0 aliphatic carbocycles. The smallest absolute Gasteiger partial charge is 0.343 e. The maximum Gasteiger partial charge on any atom is 0.343 e. The summed E-state index contributed by atoms with van der Waals surface area (Å²) in [5, 5.41) is 0.907. The summed E-state index contributed by atoms with van der Waals surface area (Å²) >= 11 is 0. The number of benzene rings is 1. The lowest BCUT2D eigenvalue weighted by atomic mass is 10.1. The van der Waals surface area contributed by atoms with Gasteiger partial charge in [-0.25, -0.2) is 4.79 Å². The molecular formula is C17H22O3. The average molecular weight is 274 g/mol. The third kappa shape index (κ3) is 2.87. The second kappa shape index (κ2) is 6.60. The van der Waals surface area contributed by atoms with E-state index in [1.54, 1.807) is 0 Å². The fraction of sp³-hybridized carbons (Fsp3) is 0.471. The van der Waals surface area contributed by atoms with E-state index in [0.717, 1.165) is 36.0 Å². The van der Waals surface area contributed by atoms with Crippen molar-refractivity contribution < 1.29 is 9.15 Å². The lowest BCUT2D eigenvalue weighted by Crippen LogP contribution is -2.12. The highest BCUT2D eigenvalue weighted by Crippen LogP contribution is 2.30. The Kier molecular flexibility index (Phi) is 4.83. The van der Waals surface area contributed by atoms with Gasteiger partial charge in [-0.1, -0.05) is 38.8 Å². The van der Waals surface area contributed by atoms with Crippen LogP contribution in [0.3, 0.4) is 0 Å². The van der Waals surface area contributed by atoms with Crippen LogP contribution in [-0.2, 0) is 6.42 Å². The molecule has 2 rings (SSSR count). The third-order valence-electron chi connectivity index (χ3n) is 3.42. The Balaban J connectivity index is 2.60. The fourth-order valence-corrected chi connectivity index (χ4v) is 2.33. The summed E-state index contributed by atoms with van der Waals surface area (Å²) in [5.74, 6) is 0.718. The average Bonchev–Trinajstić information content (AvgIpc) is 2.43. The van der Waals surface area contributed by atoms with Crippen LogP contribution in [0.15, 0.2) is 27.4 Å². The van der Waals surface area contributed by atoms with Gasteiger partial charge in [0.2, 0.25) is 0 Å². The monoisotopic (exact) mass is 274 g/mol. The molecule has 0 N–H and O–H groups in total. The molecule has 0 aliphatic heterocycles. The van der Waals surface area contributed by atoms with Gasteiger partial charge in [-0.05, 0) is 31.4 Å². The Morgan fingerprint density at radius 3 is 2.70 bits per heavy atom. The summed E-state index contributed by atoms with van der Waals surface area (Å²) in [6, 6.07) is 5.88. The van der Waals surface area contributed by atoms with E-state index >= 15 is 0 Å². The first-order valence-corrected chi connectivity index (χ1v) is 7.37. The van der Waals surface area contributed by atoms with Gasteiger partial charge in [-0.3, -0.25) is 0 Å². The first-order valence-electron chi connectivity index (χ1n) is 7.37. The topological polar surface area (TPSA) is 39.4 Å². The summed E-state index contributed by atoms with van der Waals surface area (Å²) in [6.07, 6.45) is 3.64. The Morgan fingerprint density at radius 1 is 1.20 bits per heavy atom. The summed E-state index contributed by atoms with van der Waals surface area (Å²) in [5.41, 5.74) is 2.01. The molecule has 0 fully saturated rings. The van der Waals surface area contributed by atoms with Crippen molar-refractivity contribution in [3.63, 3.8) is 0 Å². The van der Waals surface area contributed by atoms with Crippen molar-refractivity contribution in [3.05, 3.63) is 39.7 Å². The van der Waals surface area contributed by atoms with Gasteiger partial charge >= 0.3 is 5.63 Å². The molecule has 1 aromatic heterocycles. The number of rotatable bonds is 6. The Hall–Kier alpha value is -1.77. The second-order valence-electron chi connectivity index (χ2n) is 5.10. The molecule has 108 valence electrons. The van der Waals surface area contributed by atoms with E-state index in [2.05, 4.69) is 13.8 Å². The van der Waals surface area contributed by atoms with Gasteiger partial charge in [0.05, 0.1) is 17.6 Å². The van der Waals surface area contributed by atoms with Gasteiger partial charge in [-0.2, -0.15) is 0 Å². The minimum atomic E-state index is -0.264. The van der Waals surface area contributed by atoms with Crippen molar-refractivity contribution in [2.45, 2.75) is 46.5 Å². The van der Waals surface area contributed by atoms with E-state index in [9.17, 15) is 4.79 Å². The number of unbranched alkanes of at least 4 members (excludes halogenated alkanes) is 1. The van der Waals surface area contributed by atoms with Crippen LogP contribution in [0.25, 0.3) is 11.0 Å². The lowest BCUT2D eigenvalue weighted by molar-refractivity contribution is 0.306. The molecule has 0 radical (unpaired) electrons. The molecule has 0 saturated carbocycles. The summed E-state index contributed by atoms with van der Waals surface area (Å²) in [7, 11) is 0. The summed E-state index contributed by atoms with van der Waals surface area (Å²) in [6.45, 7) is 6.76. The van der Waals surface area contributed by atoms with E-state index < -0.39 is 0 Å². The lowest BCUT2D eigenvalue weighted by Gasteiger charge is -2.13. The second-order valence-corrected chi connectivity index (χ2v) is 5.10. The predicted octanol–water partition coefficient (Wildman–Crippen LogP) is 4.23. The summed E-state index contributed by atoms with van der Waals surface area (Å²) < 4.78 is 11.4. The molecule has 0 saturated heterocycles. The van der Waals surface area contributed by atoms with Gasteiger partial charge in [0.25, 0.3) is 0 Å². The molecule has 0 amide bonds. The summed E-state index contributed by atoms with van der Waals surface area (Å²) in [4.78, 5) is 12.2. The van der Waals surface area contributed by atoms with Crippen molar-refractivity contribution in [2.75, 3.05) is 6.61 Å². The van der Waals surface area contributed by atoms with Gasteiger partial charge in [0.1, 0.15) is 11.3 Å². The Labute approximate surface area is 119 Å². The fourth-order valence-electron chi connectivity index (χ4n) is 2.33. The zero-order valence-corrected chi connectivity index (χ0v) is 12.5. The SMILES string of the molecule is CCCCOc1c(CCC)c(=O)oc2c(C)cccc12. The molecule has 3 heteroatoms.